The fourth-order valence-corrected chi connectivity index (χ4v) is 8.91. The smallest absolute Gasteiger partial charge is 0.167 e. The third-order valence-electron chi connectivity index (χ3n) is 9.88. The molecule has 51 heavy (non-hydrogen) atoms. The van der Waals surface area contributed by atoms with Gasteiger partial charge in [0.2, 0.25) is 0 Å². The van der Waals surface area contributed by atoms with Crippen molar-refractivity contribution in [3.8, 4) is 39.9 Å². The molecule has 6 heteroatoms. The van der Waals surface area contributed by atoms with Gasteiger partial charge >= 0.3 is 0 Å². The van der Waals surface area contributed by atoms with Crippen molar-refractivity contribution in [1.29, 1.82) is 0 Å². The zero-order valence-corrected chi connectivity index (χ0v) is 27.9. The normalized spacial score (nSPS) is 11.9. The van der Waals surface area contributed by atoms with Crippen LogP contribution in [0.4, 0.5) is 0 Å². The molecule has 0 radical (unpaired) electrons. The number of hydrogen-bond donors (Lipinski definition) is 0. The van der Waals surface area contributed by atoms with E-state index in [1.807, 2.05) is 60.7 Å². The molecule has 0 spiro atoms. The molecule has 4 heterocycles. The first-order valence-electron chi connectivity index (χ1n) is 17.0. The first-order valence-corrected chi connectivity index (χ1v) is 17.8. The molecule has 0 unspecified atom stereocenters. The van der Waals surface area contributed by atoms with Gasteiger partial charge in [0, 0.05) is 48.1 Å². The molecule has 0 atom stereocenters. The second kappa shape index (κ2) is 10.9. The monoisotopic (exact) mass is 670 g/mol. The molecule has 0 aliphatic carbocycles. The number of benzene rings is 7. The quantitative estimate of drug-likeness (QED) is 0.187. The Morgan fingerprint density at radius 1 is 0.412 bits per heavy atom. The Morgan fingerprint density at radius 3 is 1.73 bits per heavy atom. The van der Waals surface area contributed by atoms with Crippen molar-refractivity contribution in [1.82, 2.24) is 19.5 Å². The molecule has 0 saturated heterocycles. The van der Waals surface area contributed by atoms with Crippen molar-refractivity contribution in [3.05, 3.63) is 158 Å². The van der Waals surface area contributed by atoms with Crippen LogP contribution in [0.15, 0.2) is 162 Å². The number of aromatic nitrogens is 4. The summed E-state index contributed by atoms with van der Waals surface area (Å²) in [5.74, 6) is 1.82. The minimum atomic E-state index is 0.576. The lowest BCUT2D eigenvalue weighted by atomic mass is 10.1. The molecule has 0 aliphatic heterocycles. The van der Waals surface area contributed by atoms with Gasteiger partial charge < -0.3 is 8.98 Å². The van der Waals surface area contributed by atoms with E-state index in [1.165, 1.54) is 37.3 Å². The molecule has 11 rings (SSSR count). The lowest BCUT2D eigenvalue weighted by Crippen LogP contribution is -2.00. The molecule has 0 N–H and O–H groups in total. The van der Waals surface area contributed by atoms with Gasteiger partial charge in [-0.25, -0.2) is 15.0 Å². The molecule has 11 aromatic rings. The summed E-state index contributed by atoms with van der Waals surface area (Å²) in [4.78, 5) is 15.4. The predicted molar refractivity (Wildman–Crippen MR) is 211 cm³/mol. The summed E-state index contributed by atoms with van der Waals surface area (Å²) in [7, 11) is 0. The van der Waals surface area contributed by atoms with Crippen LogP contribution in [0.1, 0.15) is 0 Å². The van der Waals surface area contributed by atoms with E-state index >= 15 is 0 Å². The van der Waals surface area contributed by atoms with Crippen molar-refractivity contribution < 1.29 is 4.42 Å². The lowest BCUT2D eigenvalue weighted by Gasteiger charge is -2.09. The van der Waals surface area contributed by atoms with Gasteiger partial charge in [0.15, 0.2) is 17.5 Å². The van der Waals surface area contributed by atoms with Crippen LogP contribution in [0.2, 0.25) is 0 Å². The fraction of sp³-hybridized carbons (Fsp3) is 0. The maximum absolute atomic E-state index is 6.45. The van der Waals surface area contributed by atoms with E-state index in [4.69, 9.17) is 19.4 Å². The molecule has 0 saturated carbocycles. The van der Waals surface area contributed by atoms with E-state index in [2.05, 4.69) is 102 Å². The minimum absolute atomic E-state index is 0.576. The summed E-state index contributed by atoms with van der Waals surface area (Å²) < 4.78 is 11.2. The number of para-hydroxylation sites is 4. The van der Waals surface area contributed by atoms with Gasteiger partial charge in [-0.3, -0.25) is 0 Å². The number of hydrogen-bond acceptors (Lipinski definition) is 5. The van der Waals surface area contributed by atoms with Gasteiger partial charge in [-0.15, -0.1) is 11.3 Å². The molecule has 0 aliphatic rings. The van der Waals surface area contributed by atoms with E-state index in [0.717, 1.165) is 49.0 Å². The highest BCUT2D eigenvalue weighted by Crippen LogP contribution is 2.44. The Labute approximate surface area is 295 Å². The van der Waals surface area contributed by atoms with Crippen molar-refractivity contribution in [2.45, 2.75) is 0 Å². The van der Waals surface area contributed by atoms with Crippen LogP contribution >= 0.6 is 11.3 Å². The van der Waals surface area contributed by atoms with Gasteiger partial charge in [0.05, 0.1) is 27.0 Å². The van der Waals surface area contributed by atoms with Gasteiger partial charge in [-0.05, 0) is 36.4 Å². The van der Waals surface area contributed by atoms with Crippen LogP contribution in [0, 0.1) is 0 Å². The molecular weight excluding hydrogens is 645 g/mol. The third kappa shape index (κ3) is 4.24. The van der Waals surface area contributed by atoms with Gasteiger partial charge in [0.1, 0.15) is 11.2 Å². The van der Waals surface area contributed by atoms with Crippen molar-refractivity contribution in [3.63, 3.8) is 0 Å². The molecule has 238 valence electrons. The van der Waals surface area contributed by atoms with E-state index in [0.29, 0.717) is 17.5 Å². The summed E-state index contributed by atoms with van der Waals surface area (Å²) in [5, 5.41) is 6.99. The topological polar surface area (TPSA) is 56.7 Å². The predicted octanol–water partition coefficient (Wildman–Crippen LogP) is 12.2. The molecule has 0 bridgehead atoms. The van der Waals surface area contributed by atoms with Crippen LogP contribution < -0.4 is 0 Å². The molecule has 0 amide bonds. The highest BCUT2D eigenvalue weighted by Gasteiger charge is 2.21. The largest absolute Gasteiger partial charge is 0.455 e. The summed E-state index contributed by atoms with van der Waals surface area (Å²) >= 11 is 1.79. The Morgan fingerprint density at radius 2 is 0.961 bits per heavy atom. The molecule has 5 nitrogen and oxygen atoms in total. The summed E-state index contributed by atoms with van der Waals surface area (Å²) in [5.41, 5.74) is 7.89. The Kier molecular flexibility index (Phi) is 6.05. The average molecular weight is 671 g/mol. The maximum atomic E-state index is 6.45. The van der Waals surface area contributed by atoms with Crippen LogP contribution in [-0.4, -0.2) is 19.5 Å². The van der Waals surface area contributed by atoms with E-state index in [-0.39, 0.29) is 0 Å². The average Bonchev–Trinajstić information content (AvgIpc) is 3.88. The molecule has 7 aromatic carbocycles. The Hall–Kier alpha value is -6.63. The molecule has 0 fully saturated rings. The SMILES string of the molecule is c1ccc(-c2nc(-c3cccc4c3oc3ccccc34)nc(-c3cccc4c3sc3c(-n5c6ccccc6c6ccccc65)cccc34)n2)cc1. The van der Waals surface area contributed by atoms with Crippen LogP contribution in [0.25, 0.3) is 104 Å². The zero-order valence-electron chi connectivity index (χ0n) is 27.1. The highest BCUT2D eigenvalue weighted by molar-refractivity contribution is 7.26. The Balaban J connectivity index is 1.17. The first kappa shape index (κ1) is 28.2. The number of thiophene rings is 1. The summed E-state index contributed by atoms with van der Waals surface area (Å²) in [6.45, 7) is 0. The fourth-order valence-electron chi connectivity index (χ4n) is 7.60. The number of fused-ring (bicyclic) bond motifs is 9. The zero-order chi connectivity index (χ0) is 33.5. The second-order valence-electron chi connectivity index (χ2n) is 12.8. The van der Waals surface area contributed by atoms with Gasteiger partial charge in [0.25, 0.3) is 0 Å². The first-order chi connectivity index (χ1) is 25.3. The van der Waals surface area contributed by atoms with E-state index in [9.17, 15) is 0 Å². The summed E-state index contributed by atoms with van der Waals surface area (Å²) in [6.07, 6.45) is 0. The van der Waals surface area contributed by atoms with E-state index < -0.39 is 0 Å². The van der Waals surface area contributed by atoms with Crippen molar-refractivity contribution >= 4 is 75.3 Å². The maximum Gasteiger partial charge on any atom is 0.167 e. The van der Waals surface area contributed by atoms with Gasteiger partial charge in [-0.1, -0.05) is 121 Å². The van der Waals surface area contributed by atoms with Crippen molar-refractivity contribution in [2.75, 3.05) is 0 Å². The molecule has 4 aromatic heterocycles. The highest BCUT2D eigenvalue weighted by atomic mass is 32.1. The van der Waals surface area contributed by atoms with E-state index in [1.54, 1.807) is 11.3 Å². The van der Waals surface area contributed by atoms with Crippen LogP contribution in [0.3, 0.4) is 0 Å². The van der Waals surface area contributed by atoms with Gasteiger partial charge in [-0.2, -0.15) is 0 Å². The number of nitrogens with zero attached hydrogens (tertiary/aromatic N) is 4. The summed E-state index contributed by atoms with van der Waals surface area (Å²) in [6, 6.07) is 54.9. The lowest BCUT2D eigenvalue weighted by molar-refractivity contribution is 0.669. The number of rotatable bonds is 4. The van der Waals surface area contributed by atoms with Crippen molar-refractivity contribution in [2.24, 2.45) is 0 Å². The third-order valence-corrected chi connectivity index (χ3v) is 11.2. The van der Waals surface area contributed by atoms with Crippen LogP contribution in [-0.2, 0) is 0 Å². The molecular formula is C45H26N4OS. The standard InChI is InChI=1S/C45H26N4OS/c1-2-13-27(14-3-1)43-46-44(34-21-10-18-31-30-17-6-9-26-39(30)50-40(31)34)48-45(47-43)35-22-11-19-32-33-20-12-25-38(42(33)51-41(32)35)49-36-23-7-4-15-28(36)29-16-5-8-24-37(29)49/h1-26H. The van der Waals surface area contributed by atoms with Crippen LogP contribution in [0.5, 0.6) is 0 Å². The number of furan rings is 1. The second-order valence-corrected chi connectivity index (χ2v) is 13.8. The Bertz CT molecular complexity index is 3100. The minimum Gasteiger partial charge on any atom is -0.455 e.